The minimum absolute atomic E-state index is 0.132. The highest BCUT2D eigenvalue weighted by atomic mass is 35.5. The van der Waals surface area contributed by atoms with Gasteiger partial charge in [-0.25, -0.2) is 0 Å². The molecule has 1 aromatic rings. The second-order valence-electron chi connectivity index (χ2n) is 3.63. The number of benzene rings is 1. The van der Waals surface area contributed by atoms with Crippen LogP contribution in [0, 0.1) is 0 Å². The monoisotopic (exact) mass is 242 g/mol. The van der Waals surface area contributed by atoms with Crippen LogP contribution in [0.15, 0.2) is 18.2 Å². The molecule has 0 aromatic heterocycles. The van der Waals surface area contributed by atoms with Gasteiger partial charge < -0.3 is 9.47 Å². The highest BCUT2D eigenvalue weighted by Crippen LogP contribution is 2.29. The fourth-order valence-electron chi connectivity index (χ4n) is 1.55. The minimum Gasteiger partial charge on any atom is -0.490 e. The minimum atomic E-state index is 0.132. The SMILES string of the molecule is CCOc1ccc(CC(C)Cl)cc1OCC. The highest BCUT2D eigenvalue weighted by molar-refractivity contribution is 6.20. The average molecular weight is 243 g/mol. The van der Waals surface area contributed by atoms with Crippen molar-refractivity contribution in [3.8, 4) is 11.5 Å². The standard InChI is InChI=1S/C13H19ClO2/c1-4-15-12-7-6-11(8-10(3)14)9-13(12)16-5-2/h6-7,9-10H,4-5,8H2,1-3H3. The van der Waals surface area contributed by atoms with Gasteiger partial charge in [0.2, 0.25) is 0 Å². The third-order valence-electron chi connectivity index (χ3n) is 2.12. The Labute approximate surface area is 103 Å². The van der Waals surface area contributed by atoms with Gasteiger partial charge in [-0.1, -0.05) is 6.07 Å². The molecule has 16 heavy (non-hydrogen) atoms. The molecular weight excluding hydrogens is 224 g/mol. The number of hydrogen-bond donors (Lipinski definition) is 0. The fourth-order valence-corrected chi connectivity index (χ4v) is 1.73. The van der Waals surface area contributed by atoms with Crippen molar-refractivity contribution in [2.45, 2.75) is 32.6 Å². The van der Waals surface area contributed by atoms with Gasteiger partial charge in [0, 0.05) is 5.38 Å². The van der Waals surface area contributed by atoms with Gasteiger partial charge in [0.15, 0.2) is 11.5 Å². The van der Waals surface area contributed by atoms with E-state index in [1.165, 1.54) is 5.56 Å². The molecule has 0 saturated heterocycles. The molecule has 0 aliphatic carbocycles. The Morgan fingerprint density at radius 2 is 1.75 bits per heavy atom. The lowest BCUT2D eigenvalue weighted by molar-refractivity contribution is 0.287. The normalized spacial score (nSPS) is 12.2. The van der Waals surface area contributed by atoms with Crippen LogP contribution in [0.4, 0.5) is 0 Å². The van der Waals surface area contributed by atoms with E-state index in [1.807, 2.05) is 39.0 Å². The molecular formula is C13H19ClO2. The van der Waals surface area contributed by atoms with Crippen molar-refractivity contribution in [1.29, 1.82) is 0 Å². The molecule has 0 saturated carbocycles. The van der Waals surface area contributed by atoms with Gasteiger partial charge in [-0.05, 0) is 44.9 Å². The number of hydrogen-bond acceptors (Lipinski definition) is 2. The van der Waals surface area contributed by atoms with Crippen LogP contribution in [0.1, 0.15) is 26.3 Å². The number of ether oxygens (including phenoxy) is 2. The number of alkyl halides is 1. The zero-order valence-corrected chi connectivity index (χ0v) is 10.9. The molecule has 0 N–H and O–H groups in total. The van der Waals surface area contributed by atoms with Crippen molar-refractivity contribution in [3.63, 3.8) is 0 Å². The first-order valence-electron chi connectivity index (χ1n) is 5.70. The van der Waals surface area contributed by atoms with Crippen LogP contribution in [-0.2, 0) is 6.42 Å². The first-order valence-corrected chi connectivity index (χ1v) is 6.13. The summed E-state index contributed by atoms with van der Waals surface area (Å²) in [5, 5.41) is 0.132. The quantitative estimate of drug-likeness (QED) is 0.709. The predicted octanol–water partition coefficient (Wildman–Crippen LogP) is 3.65. The molecule has 0 amide bonds. The molecule has 0 aliphatic rings. The summed E-state index contributed by atoms with van der Waals surface area (Å²) in [5.74, 6) is 1.61. The van der Waals surface area contributed by atoms with Gasteiger partial charge in [0.05, 0.1) is 13.2 Å². The lowest BCUT2D eigenvalue weighted by atomic mass is 10.1. The zero-order chi connectivity index (χ0) is 12.0. The van der Waals surface area contributed by atoms with E-state index < -0.39 is 0 Å². The lowest BCUT2D eigenvalue weighted by Gasteiger charge is -2.12. The summed E-state index contributed by atoms with van der Waals surface area (Å²) in [6, 6.07) is 5.99. The lowest BCUT2D eigenvalue weighted by Crippen LogP contribution is -2.01. The van der Waals surface area contributed by atoms with Gasteiger partial charge in [0.1, 0.15) is 0 Å². The predicted molar refractivity (Wildman–Crippen MR) is 67.8 cm³/mol. The molecule has 0 fully saturated rings. The first-order chi connectivity index (χ1) is 7.67. The third kappa shape index (κ3) is 3.93. The van der Waals surface area contributed by atoms with Crippen LogP contribution < -0.4 is 9.47 Å². The van der Waals surface area contributed by atoms with Crippen LogP contribution in [-0.4, -0.2) is 18.6 Å². The fraction of sp³-hybridized carbons (Fsp3) is 0.538. The molecule has 0 aliphatic heterocycles. The van der Waals surface area contributed by atoms with Crippen molar-refractivity contribution in [1.82, 2.24) is 0 Å². The smallest absolute Gasteiger partial charge is 0.161 e. The molecule has 2 nitrogen and oxygen atoms in total. The van der Waals surface area contributed by atoms with Gasteiger partial charge in [-0.2, -0.15) is 0 Å². The summed E-state index contributed by atoms with van der Waals surface area (Å²) < 4.78 is 11.0. The maximum Gasteiger partial charge on any atom is 0.161 e. The highest BCUT2D eigenvalue weighted by Gasteiger charge is 2.07. The molecule has 1 aromatic carbocycles. The Morgan fingerprint density at radius 3 is 2.31 bits per heavy atom. The molecule has 90 valence electrons. The Morgan fingerprint density at radius 1 is 1.12 bits per heavy atom. The summed E-state index contributed by atoms with van der Waals surface area (Å²) in [5.41, 5.74) is 1.18. The zero-order valence-electron chi connectivity index (χ0n) is 10.1. The summed E-state index contributed by atoms with van der Waals surface area (Å²) >= 11 is 5.97. The molecule has 1 unspecified atom stereocenters. The molecule has 0 bridgehead atoms. The van der Waals surface area contributed by atoms with Crippen molar-refractivity contribution < 1.29 is 9.47 Å². The maximum absolute atomic E-state index is 5.97. The van der Waals surface area contributed by atoms with Crippen LogP contribution in [0.25, 0.3) is 0 Å². The summed E-state index contributed by atoms with van der Waals surface area (Å²) in [6.45, 7) is 7.20. The van der Waals surface area contributed by atoms with E-state index in [0.717, 1.165) is 17.9 Å². The molecule has 1 rings (SSSR count). The summed E-state index contributed by atoms with van der Waals surface area (Å²) in [4.78, 5) is 0. The topological polar surface area (TPSA) is 18.5 Å². The Balaban J connectivity index is 2.87. The first kappa shape index (κ1) is 13.2. The van der Waals surface area contributed by atoms with Crippen molar-refractivity contribution in [2.75, 3.05) is 13.2 Å². The molecule has 0 heterocycles. The van der Waals surface area contributed by atoms with E-state index in [4.69, 9.17) is 21.1 Å². The van der Waals surface area contributed by atoms with Gasteiger partial charge >= 0.3 is 0 Å². The van der Waals surface area contributed by atoms with Crippen LogP contribution >= 0.6 is 11.6 Å². The van der Waals surface area contributed by atoms with Gasteiger partial charge in [-0.3, -0.25) is 0 Å². The molecule has 3 heteroatoms. The summed E-state index contributed by atoms with van der Waals surface area (Å²) in [7, 11) is 0. The van der Waals surface area contributed by atoms with Crippen LogP contribution in [0.5, 0.6) is 11.5 Å². The van der Waals surface area contributed by atoms with Crippen molar-refractivity contribution in [3.05, 3.63) is 23.8 Å². The van der Waals surface area contributed by atoms with Crippen molar-refractivity contribution >= 4 is 11.6 Å². The van der Waals surface area contributed by atoms with Gasteiger partial charge in [-0.15, -0.1) is 11.6 Å². The van der Waals surface area contributed by atoms with Crippen LogP contribution in [0.2, 0.25) is 0 Å². The number of halogens is 1. The van der Waals surface area contributed by atoms with Crippen molar-refractivity contribution in [2.24, 2.45) is 0 Å². The average Bonchev–Trinajstić information content (AvgIpc) is 2.21. The molecule has 0 spiro atoms. The van der Waals surface area contributed by atoms with E-state index in [-0.39, 0.29) is 5.38 Å². The van der Waals surface area contributed by atoms with E-state index in [2.05, 4.69) is 0 Å². The molecule has 1 atom stereocenters. The van der Waals surface area contributed by atoms with Gasteiger partial charge in [0.25, 0.3) is 0 Å². The summed E-state index contributed by atoms with van der Waals surface area (Å²) in [6.07, 6.45) is 0.841. The maximum atomic E-state index is 5.97. The van der Waals surface area contributed by atoms with E-state index in [9.17, 15) is 0 Å². The molecule has 0 radical (unpaired) electrons. The van der Waals surface area contributed by atoms with E-state index in [1.54, 1.807) is 0 Å². The third-order valence-corrected chi connectivity index (χ3v) is 2.28. The number of rotatable bonds is 6. The second kappa shape index (κ2) is 6.64. The second-order valence-corrected chi connectivity index (χ2v) is 4.38. The van der Waals surface area contributed by atoms with E-state index in [0.29, 0.717) is 13.2 Å². The van der Waals surface area contributed by atoms with E-state index >= 15 is 0 Å². The Bertz CT molecular complexity index is 324. The largest absolute Gasteiger partial charge is 0.490 e. The Hall–Kier alpha value is -0.890. The Kier molecular flexibility index (Phi) is 5.47. The van der Waals surface area contributed by atoms with Crippen LogP contribution in [0.3, 0.4) is 0 Å².